The molecular formula is C18H16F3N5O. The van der Waals surface area contributed by atoms with E-state index in [1.54, 1.807) is 18.1 Å². The van der Waals surface area contributed by atoms with Crippen molar-refractivity contribution in [3.8, 4) is 5.69 Å². The van der Waals surface area contributed by atoms with Crippen LogP contribution in [0.1, 0.15) is 34.6 Å². The van der Waals surface area contributed by atoms with Crippen molar-refractivity contribution < 1.29 is 18.0 Å². The average Bonchev–Trinajstić information content (AvgIpc) is 3.20. The number of nitrogens with zero attached hydrogens (tertiary/aromatic N) is 5. The first-order valence-electron chi connectivity index (χ1n) is 8.03. The number of aromatic nitrogens is 4. The van der Waals surface area contributed by atoms with Gasteiger partial charge in [-0.1, -0.05) is 12.1 Å². The fraction of sp³-hybridized carbons (Fsp3) is 0.222. The van der Waals surface area contributed by atoms with Gasteiger partial charge in [0.25, 0.3) is 5.91 Å². The summed E-state index contributed by atoms with van der Waals surface area (Å²) in [5, 5.41) is 4.04. The maximum absolute atomic E-state index is 12.6. The molecule has 0 aliphatic rings. The average molecular weight is 375 g/mol. The lowest BCUT2D eigenvalue weighted by Crippen LogP contribution is -2.29. The first kappa shape index (κ1) is 18.6. The van der Waals surface area contributed by atoms with Crippen molar-refractivity contribution in [2.75, 3.05) is 7.05 Å². The number of alkyl halides is 3. The van der Waals surface area contributed by atoms with Crippen LogP contribution in [0.4, 0.5) is 13.2 Å². The van der Waals surface area contributed by atoms with Crippen LogP contribution in [0.5, 0.6) is 0 Å². The molecule has 1 aromatic carbocycles. The fourth-order valence-corrected chi connectivity index (χ4v) is 2.54. The van der Waals surface area contributed by atoms with Gasteiger partial charge in [0, 0.05) is 13.2 Å². The Hall–Kier alpha value is -3.23. The van der Waals surface area contributed by atoms with Gasteiger partial charge in [-0.2, -0.15) is 18.3 Å². The summed E-state index contributed by atoms with van der Waals surface area (Å²) in [6.07, 6.45) is -0.582. The Balaban J connectivity index is 1.74. The smallest absolute Gasteiger partial charge is 0.335 e. The Morgan fingerprint density at radius 2 is 1.85 bits per heavy atom. The molecule has 1 amide bonds. The summed E-state index contributed by atoms with van der Waals surface area (Å²) in [5.74, 6) is -0.413. The van der Waals surface area contributed by atoms with E-state index in [4.69, 9.17) is 0 Å². The molecule has 0 saturated heterocycles. The number of hydrogen-bond donors (Lipinski definition) is 0. The number of carbonyl (C=O) groups is 1. The molecule has 0 fully saturated rings. The van der Waals surface area contributed by atoms with Crippen molar-refractivity contribution in [2.24, 2.45) is 0 Å². The molecule has 0 aliphatic carbocycles. The van der Waals surface area contributed by atoms with Crippen molar-refractivity contribution in [1.29, 1.82) is 0 Å². The summed E-state index contributed by atoms with van der Waals surface area (Å²) in [6.45, 7) is 1.83. The van der Waals surface area contributed by atoms with Crippen LogP contribution in [-0.2, 0) is 6.18 Å². The standard InChI is InChI=1S/C18H16F3N5O/c1-12(13-3-6-15(7-4-13)26-11-22-10-24-26)25(2)17(27)14-5-8-16(23-9-14)18(19,20)21/h3-12H,1-2H3. The summed E-state index contributed by atoms with van der Waals surface area (Å²) in [4.78, 5) is 21.2. The van der Waals surface area contributed by atoms with Gasteiger partial charge in [0.05, 0.1) is 17.3 Å². The van der Waals surface area contributed by atoms with E-state index in [0.29, 0.717) is 0 Å². The van der Waals surface area contributed by atoms with Gasteiger partial charge in [0.2, 0.25) is 0 Å². The molecule has 9 heteroatoms. The highest BCUT2D eigenvalue weighted by Crippen LogP contribution is 2.28. The normalized spacial score (nSPS) is 12.6. The van der Waals surface area contributed by atoms with E-state index in [9.17, 15) is 18.0 Å². The third-order valence-electron chi connectivity index (χ3n) is 4.26. The molecule has 140 valence electrons. The highest BCUT2D eigenvalue weighted by molar-refractivity contribution is 5.94. The molecule has 3 rings (SSSR count). The van der Waals surface area contributed by atoms with Gasteiger partial charge in [0.15, 0.2) is 0 Å². The van der Waals surface area contributed by atoms with Gasteiger partial charge in [-0.25, -0.2) is 9.67 Å². The number of pyridine rings is 1. The lowest BCUT2D eigenvalue weighted by atomic mass is 10.1. The van der Waals surface area contributed by atoms with Crippen LogP contribution < -0.4 is 0 Å². The van der Waals surface area contributed by atoms with E-state index in [0.717, 1.165) is 29.6 Å². The van der Waals surface area contributed by atoms with Crippen molar-refractivity contribution >= 4 is 5.91 Å². The largest absolute Gasteiger partial charge is 0.433 e. The Bertz CT molecular complexity index is 906. The summed E-state index contributed by atoms with van der Waals surface area (Å²) >= 11 is 0. The molecule has 0 saturated carbocycles. The third-order valence-corrected chi connectivity index (χ3v) is 4.26. The van der Waals surface area contributed by atoms with E-state index < -0.39 is 17.8 Å². The molecular weight excluding hydrogens is 359 g/mol. The number of halogens is 3. The van der Waals surface area contributed by atoms with Crippen LogP contribution >= 0.6 is 0 Å². The second-order valence-corrected chi connectivity index (χ2v) is 5.95. The minimum absolute atomic E-state index is 0.0941. The van der Waals surface area contributed by atoms with Crippen molar-refractivity contribution in [1.82, 2.24) is 24.6 Å². The van der Waals surface area contributed by atoms with Crippen LogP contribution in [0.2, 0.25) is 0 Å². The zero-order valence-corrected chi connectivity index (χ0v) is 14.6. The zero-order chi connectivity index (χ0) is 19.6. The number of hydrogen-bond acceptors (Lipinski definition) is 4. The van der Waals surface area contributed by atoms with E-state index in [-0.39, 0.29) is 11.6 Å². The van der Waals surface area contributed by atoms with Crippen LogP contribution in [0.15, 0.2) is 55.2 Å². The van der Waals surface area contributed by atoms with Crippen molar-refractivity contribution in [2.45, 2.75) is 19.1 Å². The van der Waals surface area contributed by atoms with Crippen LogP contribution in [-0.4, -0.2) is 37.6 Å². The molecule has 1 atom stereocenters. The van der Waals surface area contributed by atoms with Crippen LogP contribution in [0.3, 0.4) is 0 Å². The number of amides is 1. The lowest BCUT2D eigenvalue weighted by molar-refractivity contribution is -0.141. The predicted octanol–water partition coefficient (Wildman–Crippen LogP) is 3.51. The molecule has 0 bridgehead atoms. The Morgan fingerprint density at radius 1 is 1.15 bits per heavy atom. The second-order valence-electron chi connectivity index (χ2n) is 5.95. The first-order valence-corrected chi connectivity index (χ1v) is 8.03. The summed E-state index contributed by atoms with van der Waals surface area (Å²) < 4.78 is 39.4. The number of carbonyl (C=O) groups excluding carboxylic acids is 1. The zero-order valence-electron chi connectivity index (χ0n) is 14.6. The van der Waals surface area contributed by atoms with Gasteiger partial charge in [-0.05, 0) is 36.8 Å². The van der Waals surface area contributed by atoms with Gasteiger partial charge >= 0.3 is 6.18 Å². The van der Waals surface area contributed by atoms with Crippen molar-refractivity contribution in [3.63, 3.8) is 0 Å². The molecule has 0 aliphatic heterocycles. The van der Waals surface area contributed by atoms with Gasteiger partial charge < -0.3 is 4.90 Å². The van der Waals surface area contributed by atoms with Crippen LogP contribution in [0, 0.1) is 0 Å². The van der Waals surface area contributed by atoms with E-state index in [1.165, 1.54) is 11.2 Å². The highest BCUT2D eigenvalue weighted by atomic mass is 19.4. The molecule has 0 N–H and O–H groups in total. The van der Waals surface area contributed by atoms with E-state index in [1.807, 2.05) is 31.2 Å². The topological polar surface area (TPSA) is 63.9 Å². The molecule has 3 aromatic rings. The molecule has 1 unspecified atom stereocenters. The lowest BCUT2D eigenvalue weighted by Gasteiger charge is -2.25. The van der Waals surface area contributed by atoms with E-state index in [2.05, 4.69) is 15.1 Å². The Morgan fingerprint density at radius 3 is 2.37 bits per heavy atom. The minimum Gasteiger partial charge on any atom is -0.335 e. The quantitative estimate of drug-likeness (QED) is 0.700. The number of benzene rings is 1. The number of rotatable bonds is 4. The summed E-state index contributed by atoms with van der Waals surface area (Å²) in [5.41, 5.74) is 0.758. The molecule has 0 radical (unpaired) electrons. The van der Waals surface area contributed by atoms with Crippen LogP contribution in [0.25, 0.3) is 5.69 Å². The molecule has 2 heterocycles. The Labute approximate surface area is 153 Å². The maximum Gasteiger partial charge on any atom is 0.433 e. The fourth-order valence-electron chi connectivity index (χ4n) is 2.54. The summed E-state index contributed by atoms with van der Waals surface area (Å²) in [6, 6.07) is 9.06. The SMILES string of the molecule is CC(c1ccc(-n2cncn2)cc1)N(C)C(=O)c1ccc(C(F)(F)F)nc1. The van der Waals surface area contributed by atoms with Gasteiger partial charge in [-0.15, -0.1) is 0 Å². The molecule has 0 spiro atoms. The highest BCUT2D eigenvalue weighted by Gasteiger charge is 2.32. The predicted molar refractivity (Wildman–Crippen MR) is 91.1 cm³/mol. The van der Waals surface area contributed by atoms with Gasteiger partial charge in [0.1, 0.15) is 18.3 Å². The summed E-state index contributed by atoms with van der Waals surface area (Å²) in [7, 11) is 1.59. The first-order chi connectivity index (χ1) is 12.8. The monoisotopic (exact) mass is 375 g/mol. The molecule has 6 nitrogen and oxygen atoms in total. The molecule has 2 aromatic heterocycles. The third kappa shape index (κ3) is 3.97. The second kappa shape index (κ2) is 7.18. The van der Waals surface area contributed by atoms with Gasteiger partial charge in [-0.3, -0.25) is 9.78 Å². The van der Waals surface area contributed by atoms with E-state index >= 15 is 0 Å². The molecule has 27 heavy (non-hydrogen) atoms. The Kier molecular flexibility index (Phi) is 4.93. The minimum atomic E-state index is -4.54. The maximum atomic E-state index is 12.6. The van der Waals surface area contributed by atoms with Crippen molar-refractivity contribution in [3.05, 3.63) is 72.1 Å².